The lowest BCUT2D eigenvalue weighted by atomic mass is 10.1. The summed E-state index contributed by atoms with van der Waals surface area (Å²) in [6.45, 7) is 8.42. The first kappa shape index (κ1) is 17.7. The number of H-pyrrole nitrogens is 1. The number of rotatable bonds is 7. The third-order valence-corrected chi connectivity index (χ3v) is 4.71. The van der Waals surface area contributed by atoms with Crippen molar-refractivity contribution in [3.8, 4) is 0 Å². The Bertz CT molecular complexity index is 593. The Hall–Kier alpha value is -1.65. The second-order valence-electron chi connectivity index (χ2n) is 6.78. The Kier molecular flexibility index (Phi) is 5.97. The zero-order valence-corrected chi connectivity index (χ0v) is 15.3. The first-order chi connectivity index (χ1) is 10.9. The van der Waals surface area contributed by atoms with Gasteiger partial charge in [0.05, 0.1) is 5.69 Å². The average Bonchev–Trinajstić information content (AvgIpc) is 2.84. The second-order valence-corrected chi connectivity index (χ2v) is 6.78. The van der Waals surface area contributed by atoms with Gasteiger partial charge in [-0.25, -0.2) is 0 Å². The fourth-order valence-corrected chi connectivity index (χ4v) is 2.84. The van der Waals surface area contributed by atoms with Crippen LogP contribution < -0.4 is 0 Å². The molecule has 0 aliphatic heterocycles. The standard InChI is InChI=1S/C19H30N4/c1-14-19(15(2)21-20-14)11-12-23(6)13-17-7-9-18(10-8-17)16(3)22(4)5/h7-10,16H,11-13H2,1-6H3,(H,20,21). The van der Waals surface area contributed by atoms with Crippen molar-refractivity contribution in [2.45, 2.75) is 39.8 Å². The van der Waals surface area contributed by atoms with Gasteiger partial charge in [0.15, 0.2) is 0 Å². The third kappa shape index (κ3) is 4.66. The summed E-state index contributed by atoms with van der Waals surface area (Å²) in [4.78, 5) is 4.60. The Balaban J connectivity index is 1.89. The fourth-order valence-electron chi connectivity index (χ4n) is 2.84. The molecule has 0 radical (unpaired) electrons. The van der Waals surface area contributed by atoms with E-state index in [4.69, 9.17) is 0 Å². The van der Waals surface area contributed by atoms with Gasteiger partial charge in [-0.1, -0.05) is 24.3 Å². The van der Waals surface area contributed by atoms with Gasteiger partial charge in [0, 0.05) is 24.8 Å². The van der Waals surface area contributed by atoms with Crippen molar-refractivity contribution in [1.29, 1.82) is 0 Å². The van der Waals surface area contributed by atoms with Crippen molar-refractivity contribution < 1.29 is 0 Å². The molecule has 126 valence electrons. The number of aryl methyl sites for hydroxylation is 2. The number of nitrogens with one attached hydrogen (secondary N) is 1. The highest BCUT2D eigenvalue weighted by atomic mass is 15.1. The summed E-state index contributed by atoms with van der Waals surface area (Å²) in [6.07, 6.45) is 1.04. The van der Waals surface area contributed by atoms with Gasteiger partial charge in [0.1, 0.15) is 0 Å². The van der Waals surface area contributed by atoms with Crippen LogP contribution in [0.5, 0.6) is 0 Å². The zero-order valence-electron chi connectivity index (χ0n) is 15.3. The number of benzene rings is 1. The number of aromatic amines is 1. The maximum absolute atomic E-state index is 4.27. The Morgan fingerprint density at radius 2 is 1.74 bits per heavy atom. The highest BCUT2D eigenvalue weighted by molar-refractivity contribution is 5.25. The van der Waals surface area contributed by atoms with E-state index >= 15 is 0 Å². The minimum atomic E-state index is 0.453. The summed E-state index contributed by atoms with van der Waals surface area (Å²) >= 11 is 0. The third-order valence-electron chi connectivity index (χ3n) is 4.71. The summed E-state index contributed by atoms with van der Waals surface area (Å²) < 4.78 is 0. The van der Waals surface area contributed by atoms with Crippen LogP contribution in [0, 0.1) is 13.8 Å². The molecule has 23 heavy (non-hydrogen) atoms. The van der Waals surface area contributed by atoms with E-state index in [-0.39, 0.29) is 0 Å². The summed E-state index contributed by atoms with van der Waals surface area (Å²) in [7, 11) is 6.42. The molecule has 1 aromatic heterocycles. The van der Waals surface area contributed by atoms with Crippen molar-refractivity contribution in [3.05, 3.63) is 52.3 Å². The summed E-state index contributed by atoms with van der Waals surface area (Å²) in [6, 6.07) is 9.45. The van der Waals surface area contributed by atoms with E-state index < -0.39 is 0 Å². The van der Waals surface area contributed by atoms with Crippen LogP contribution in [-0.4, -0.2) is 47.7 Å². The molecule has 2 aromatic rings. The summed E-state index contributed by atoms with van der Waals surface area (Å²) in [5.41, 5.74) is 6.40. The van der Waals surface area contributed by atoms with Crippen LogP contribution in [0.1, 0.15) is 41.0 Å². The maximum atomic E-state index is 4.27. The molecule has 2 rings (SSSR count). The van der Waals surface area contributed by atoms with Gasteiger partial charge in [0.2, 0.25) is 0 Å². The molecule has 1 N–H and O–H groups in total. The molecular formula is C19H30N4. The van der Waals surface area contributed by atoms with E-state index in [2.05, 4.69) is 86.2 Å². The summed E-state index contributed by atoms with van der Waals surface area (Å²) in [5, 5.41) is 7.33. The minimum absolute atomic E-state index is 0.453. The number of hydrogen-bond donors (Lipinski definition) is 1. The van der Waals surface area contributed by atoms with Crippen LogP contribution >= 0.6 is 0 Å². The molecule has 4 nitrogen and oxygen atoms in total. The van der Waals surface area contributed by atoms with E-state index in [1.807, 2.05) is 0 Å². The number of nitrogens with zero attached hydrogens (tertiary/aromatic N) is 3. The van der Waals surface area contributed by atoms with Crippen molar-refractivity contribution in [2.75, 3.05) is 27.7 Å². The SMILES string of the molecule is Cc1n[nH]c(C)c1CCN(C)Cc1ccc(C(C)N(C)C)cc1. The molecule has 0 aliphatic rings. The van der Waals surface area contributed by atoms with Gasteiger partial charge in [-0.05, 0) is 65.0 Å². The van der Waals surface area contributed by atoms with Crippen LogP contribution in [0.25, 0.3) is 0 Å². The molecule has 0 bridgehead atoms. The van der Waals surface area contributed by atoms with E-state index in [1.165, 1.54) is 22.4 Å². The molecule has 0 aliphatic carbocycles. The lowest BCUT2D eigenvalue weighted by molar-refractivity contribution is 0.320. The van der Waals surface area contributed by atoms with E-state index in [0.29, 0.717) is 6.04 Å². The van der Waals surface area contributed by atoms with Crippen LogP contribution in [0.4, 0.5) is 0 Å². The minimum Gasteiger partial charge on any atom is -0.303 e. The first-order valence-electron chi connectivity index (χ1n) is 8.32. The van der Waals surface area contributed by atoms with E-state index in [9.17, 15) is 0 Å². The maximum Gasteiger partial charge on any atom is 0.0626 e. The normalized spacial score (nSPS) is 13.0. The first-order valence-corrected chi connectivity index (χ1v) is 8.32. The number of likely N-dealkylation sites (N-methyl/N-ethyl adjacent to an activating group) is 1. The predicted molar refractivity (Wildman–Crippen MR) is 96.6 cm³/mol. The van der Waals surface area contributed by atoms with Gasteiger partial charge >= 0.3 is 0 Å². The Labute approximate surface area is 140 Å². The molecule has 0 amide bonds. The topological polar surface area (TPSA) is 35.2 Å². The highest BCUT2D eigenvalue weighted by Gasteiger charge is 2.09. The van der Waals surface area contributed by atoms with Crippen LogP contribution in [0.15, 0.2) is 24.3 Å². The quantitative estimate of drug-likeness (QED) is 0.851. The molecule has 1 aromatic carbocycles. The Morgan fingerprint density at radius 1 is 1.09 bits per heavy atom. The number of aromatic nitrogens is 2. The lowest BCUT2D eigenvalue weighted by Gasteiger charge is -2.21. The van der Waals surface area contributed by atoms with Crippen LogP contribution in [0.3, 0.4) is 0 Å². The fraction of sp³-hybridized carbons (Fsp3) is 0.526. The smallest absolute Gasteiger partial charge is 0.0626 e. The molecule has 4 heteroatoms. The predicted octanol–water partition coefficient (Wildman–Crippen LogP) is 3.32. The van der Waals surface area contributed by atoms with Crippen LogP contribution in [-0.2, 0) is 13.0 Å². The molecule has 1 unspecified atom stereocenters. The van der Waals surface area contributed by atoms with Crippen molar-refractivity contribution in [3.63, 3.8) is 0 Å². The van der Waals surface area contributed by atoms with Gasteiger partial charge in [0.25, 0.3) is 0 Å². The van der Waals surface area contributed by atoms with Crippen LogP contribution in [0.2, 0.25) is 0 Å². The molecule has 0 fully saturated rings. The zero-order chi connectivity index (χ0) is 17.0. The van der Waals surface area contributed by atoms with Gasteiger partial charge in [-0.2, -0.15) is 5.10 Å². The molecule has 0 spiro atoms. The monoisotopic (exact) mass is 314 g/mol. The lowest BCUT2D eigenvalue weighted by Crippen LogP contribution is -2.21. The van der Waals surface area contributed by atoms with E-state index in [0.717, 1.165) is 25.2 Å². The second kappa shape index (κ2) is 7.75. The summed E-state index contributed by atoms with van der Waals surface area (Å²) in [5.74, 6) is 0. The average molecular weight is 314 g/mol. The highest BCUT2D eigenvalue weighted by Crippen LogP contribution is 2.18. The Morgan fingerprint density at radius 3 is 2.26 bits per heavy atom. The van der Waals surface area contributed by atoms with Crippen molar-refractivity contribution in [1.82, 2.24) is 20.0 Å². The van der Waals surface area contributed by atoms with Gasteiger partial charge in [-0.15, -0.1) is 0 Å². The van der Waals surface area contributed by atoms with Crippen molar-refractivity contribution in [2.24, 2.45) is 0 Å². The van der Waals surface area contributed by atoms with E-state index in [1.54, 1.807) is 0 Å². The van der Waals surface area contributed by atoms with Crippen molar-refractivity contribution >= 4 is 0 Å². The van der Waals surface area contributed by atoms with Gasteiger partial charge < -0.3 is 9.80 Å². The molecule has 1 heterocycles. The van der Waals surface area contributed by atoms with Gasteiger partial charge in [-0.3, -0.25) is 5.10 Å². The molecular weight excluding hydrogens is 284 g/mol. The largest absolute Gasteiger partial charge is 0.303 e. The molecule has 1 atom stereocenters. The number of hydrogen-bond acceptors (Lipinski definition) is 3. The molecule has 0 saturated heterocycles. The molecule has 0 saturated carbocycles.